The first kappa shape index (κ1) is 19.3. The maximum Gasteiger partial charge on any atom is 0.335 e. The molecule has 0 radical (unpaired) electrons. The minimum absolute atomic E-state index is 0.196. The Morgan fingerprint density at radius 3 is 1.71 bits per heavy atom. The van der Waals surface area contributed by atoms with Crippen molar-refractivity contribution in [3.8, 4) is 5.75 Å². The van der Waals surface area contributed by atoms with Crippen molar-refractivity contribution in [1.82, 2.24) is 0 Å². The molecule has 142 valence electrons. The number of rotatable bonds is 7. The molecule has 3 aromatic rings. The van der Waals surface area contributed by atoms with Crippen LogP contribution in [0.5, 0.6) is 5.75 Å². The standard InChI is InChI=1S/C23H18F2O3/c24-19-9-3-16(4-10-19)22(17-5-11-20(25)12-6-17)2-1-15-28-21-13-7-18(8-14-21)23(26)27/h2-14H,1,15H2,(H,26,27). The van der Waals surface area contributed by atoms with E-state index in [1.165, 1.54) is 36.4 Å². The molecule has 0 aliphatic carbocycles. The van der Waals surface area contributed by atoms with Gasteiger partial charge in [0, 0.05) is 6.42 Å². The summed E-state index contributed by atoms with van der Waals surface area (Å²) in [4.78, 5) is 10.9. The van der Waals surface area contributed by atoms with Gasteiger partial charge < -0.3 is 9.84 Å². The smallest absolute Gasteiger partial charge is 0.335 e. The van der Waals surface area contributed by atoms with Crippen LogP contribution >= 0.6 is 0 Å². The van der Waals surface area contributed by atoms with Crippen LogP contribution in [0.1, 0.15) is 27.9 Å². The molecular weight excluding hydrogens is 362 g/mol. The van der Waals surface area contributed by atoms with Gasteiger partial charge in [-0.25, -0.2) is 13.6 Å². The minimum Gasteiger partial charge on any atom is -0.493 e. The molecule has 0 aromatic heterocycles. The van der Waals surface area contributed by atoms with E-state index in [1.807, 2.05) is 6.08 Å². The van der Waals surface area contributed by atoms with Crippen LogP contribution in [0.15, 0.2) is 78.9 Å². The Balaban J connectivity index is 1.72. The van der Waals surface area contributed by atoms with Gasteiger partial charge in [0.05, 0.1) is 12.2 Å². The highest BCUT2D eigenvalue weighted by atomic mass is 19.1. The summed E-state index contributed by atoms with van der Waals surface area (Å²) < 4.78 is 32.1. The highest BCUT2D eigenvalue weighted by molar-refractivity contribution is 5.87. The highest BCUT2D eigenvalue weighted by Gasteiger charge is 2.06. The van der Waals surface area contributed by atoms with E-state index in [9.17, 15) is 13.6 Å². The molecule has 0 heterocycles. The Kier molecular flexibility index (Phi) is 6.17. The van der Waals surface area contributed by atoms with Gasteiger partial charge in [0.25, 0.3) is 0 Å². The van der Waals surface area contributed by atoms with E-state index in [0.717, 1.165) is 16.7 Å². The number of hydrogen-bond acceptors (Lipinski definition) is 2. The number of aromatic carboxylic acids is 1. The van der Waals surface area contributed by atoms with Crippen LogP contribution in [0.3, 0.4) is 0 Å². The molecule has 3 rings (SSSR count). The van der Waals surface area contributed by atoms with E-state index in [2.05, 4.69) is 0 Å². The molecule has 0 saturated heterocycles. The molecule has 0 fully saturated rings. The summed E-state index contributed by atoms with van der Waals surface area (Å²) in [6.07, 6.45) is 2.51. The molecule has 1 N–H and O–H groups in total. The fourth-order valence-corrected chi connectivity index (χ4v) is 2.74. The molecule has 0 atom stereocenters. The van der Waals surface area contributed by atoms with Crippen LogP contribution in [-0.2, 0) is 0 Å². The van der Waals surface area contributed by atoms with E-state index in [-0.39, 0.29) is 17.2 Å². The Labute approximate surface area is 161 Å². The molecular formula is C23H18F2O3. The zero-order valence-corrected chi connectivity index (χ0v) is 14.9. The zero-order valence-electron chi connectivity index (χ0n) is 14.9. The summed E-state index contributed by atoms with van der Waals surface area (Å²) in [5.41, 5.74) is 2.68. The lowest BCUT2D eigenvalue weighted by molar-refractivity contribution is 0.0697. The second kappa shape index (κ2) is 8.95. The van der Waals surface area contributed by atoms with Crippen LogP contribution in [0.25, 0.3) is 5.57 Å². The maximum atomic E-state index is 13.3. The molecule has 0 unspecified atom stereocenters. The van der Waals surface area contributed by atoms with Crippen LogP contribution in [0, 0.1) is 11.6 Å². The quantitative estimate of drug-likeness (QED) is 0.546. The van der Waals surface area contributed by atoms with Gasteiger partial charge in [-0.15, -0.1) is 0 Å². The summed E-state index contributed by atoms with van der Waals surface area (Å²) in [7, 11) is 0. The highest BCUT2D eigenvalue weighted by Crippen LogP contribution is 2.25. The predicted octanol–water partition coefficient (Wildman–Crippen LogP) is 5.56. The maximum absolute atomic E-state index is 13.3. The number of ether oxygens (including phenoxy) is 1. The number of hydrogen-bond donors (Lipinski definition) is 1. The van der Waals surface area contributed by atoms with Crippen molar-refractivity contribution in [2.45, 2.75) is 6.42 Å². The molecule has 0 bridgehead atoms. The normalized spacial score (nSPS) is 10.4. The number of benzene rings is 3. The van der Waals surface area contributed by atoms with Crippen LogP contribution < -0.4 is 4.74 Å². The summed E-state index contributed by atoms with van der Waals surface area (Å²) in [5, 5.41) is 8.91. The van der Waals surface area contributed by atoms with Gasteiger partial charge in [-0.2, -0.15) is 0 Å². The van der Waals surface area contributed by atoms with Crippen LogP contribution in [-0.4, -0.2) is 17.7 Å². The van der Waals surface area contributed by atoms with Crippen LogP contribution in [0.2, 0.25) is 0 Å². The van der Waals surface area contributed by atoms with Crippen molar-refractivity contribution in [3.63, 3.8) is 0 Å². The zero-order chi connectivity index (χ0) is 19.9. The molecule has 0 aliphatic heterocycles. The predicted molar refractivity (Wildman–Crippen MR) is 103 cm³/mol. The summed E-state index contributed by atoms with van der Waals surface area (Å²) in [6, 6.07) is 18.4. The van der Waals surface area contributed by atoms with E-state index in [4.69, 9.17) is 9.84 Å². The third kappa shape index (κ3) is 5.04. The first-order valence-electron chi connectivity index (χ1n) is 8.71. The lowest BCUT2D eigenvalue weighted by Gasteiger charge is -2.10. The first-order valence-corrected chi connectivity index (χ1v) is 8.71. The van der Waals surface area contributed by atoms with Gasteiger partial charge in [-0.05, 0) is 65.2 Å². The van der Waals surface area contributed by atoms with Gasteiger partial charge in [-0.1, -0.05) is 30.3 Å². The molecule has 5 heteroatoms. The minimum atomic E-state index is -0.988. The lowest BCUT2D eigenvalue weighted by atomic mass is 9.97. The summed E-state index contributed by atoms with van der Waals surface area (Å²) >= 11 is 0. The fourth-order valence-electron chi connectivity index (χ4n) is 2.74. The van der Waals surface area contributed by atoms with Gasteiger partial charge >= 0.3 is 5.97 Å². The number of halogens is 2. The average molecular weight is 380 g/mol. The fraction of sp³-hybridized carbons (Fsp3) is 0.0870. The van der Waals surface area contributed by atoms with Crippen molar-refractivity contribution in [2.75, 3.05) is 6.61 Å². The third-order valence-electron chi connectivity index (χ3n) is 4.15. The molecule has 0 spiro atoms. The van der Waals surface area contributed by atoms with E-state index in [1.54, 1.807) is 36.4 Å². The second-order valence-corrected chi connectivity index (χ2v) is 6.10. The first-order chi connectivity index (χ1) is 13.5. The van der Waals surface area contributed by atoms with Gasteiger partial charge in [-0.3, -0.25) is 0 Å². The Hall–Kier alpha value is -3.47. The molecule has 3 aromatic carbocycles. The van der Waals surface area contributed by atoms with Crippen LogP contribution in [0.4, 0.5) is 8.78 Å². The Morgan fingerprint density at radius 2 is 1.25 bits per heavy atom. The van der Waals surface area contributed by atoms with Gasteiger partial charge in [0.2, 0.25) is 0 Å². The van der Waals surface area contributed by atoms with Gasteiger partial charge in [0.15, 0.2) is 0 Å². The van der Waals surface area contributed by atoms with E-state index < -0.39 is 5.97 Å². The van der Waals surface area contributed by atoms with Crippen molar-refractivity contribution in [2.24, 2.45) is 0 Å². The Morgan fingerprint density at radius 1 is 0.786 bits per heavy atom. The summed E-state index contributed by atoms with van der Waals surface area (Å²) in [6.45, 7) is 0.373. The van der Waals surface area contributed by atoms with Gasteiger partial charge in [0.1, 0.15) is 17.4 Å². The summed E-state index contributed by atoms with van der Waals surface area (Å²) in [5.74, 6) is -1.06. The SMILES string of the molecule is O=C(O)c1ccc(OCCC=C(c2ccc(F)cc2)c2ccc(F)cc2)cc1. The molecule has 3 nitrogen and oxygen atoms in total. The number of carboxylic acids is 1. The average Bonchev–Trinajstić information content (AvgIpc) is 2.70. The van der Waals surface area contributed by atoms with Crippen molar-refractivity contribution in [3.05, 3.63) is 107 Å². The molecule has 0 saturated carbocycles. The Bertz CT molecular complexity index is 913. The molecule has 0 aliphatic rings. The molecule has 0 amide bonds. The van der Waals surface area contributed by atoms with E-state index in [0.29, 0.717) is 18.8 Å². The third-order valence-corrected chi connectivity index (χ3v) is 4.15. The monoisotopic (exact) mass is 380 g/mol. The largest absolute Gasteiger partial charge is 0.493 e. The lowest BCUT2D eigenvalue weighted by Crippen LogP contribution is -1.99. The van der Waals surface area contributed by atoms with Crippen molar-refractivity contribution < 1.29 is 23.4 Å². The molecule has 28 heavy (non-hydrogen) atoms. The number of carbonyl (C=O) groups is 1. The number of carboxylic acid groups (broad SMARTS) is 1. The van der Waals surface area contributed by atoms with Crippen molar-refractivity contribution >= 4 is 11.5 Å². The second-order valence-electron chi connectivity index (χ2n) is 6.10. The van der Waals surface area contributed by atoms with E-state index >= 15 is 0 Å². The van der Waals surface area contributed by atoms with Crippen molar-refractivity contribution in [1.29, 1.82) is 0 Å². The topological polar surface area (TPSA) is 46.5 Å².